The molecule has 1 N–H and O–H groups in total. The predicted molar refractivity (Wildman–Crippen MR) is 86.3 cm³/mol. The van der Waals surface area contributed by atoms with Crippen LogP contribution in [0, 0.1) is 5.82 Å². The molecular weight excluding hydrogens is 277 g/mol. The van der Waals surface area contributed by atoms with Crippen LogP contribution in [0.5, 0.6) is 0 Å². The molecule has 0 radical (unpaired) electrons. The summed E-state index contributed by atoms with van der Waals surface area (Å²) in [6.07, 6.45) is 3.46. The van der Waals surface area contributed by atoms with Crippen LogP contribution in [-0.2, 0) is 0 Å². The molecule has 0 spiro atoms. The van der Waals surface area contributed by atoms with Crippen LogP contribution in [0.3, 0.4) is 0 Å². The van der Waals surface area contributed by atoms with Crippen LogP contribution < -0.4 is 5.43 Å². The van der Waals surface area contributed by atoms with Gasteiger partial charge in [0.15, 0.2) is 0 Å². The first-order valence-electron chi connectivity index (χ1n) is 6.88. The lowest BCUT2D eigenvalue weighted by molar-refractivity contribution is 0.628. The van der Waals surface area contributed by atoms with E-state index >= 15 is 0 Å². The predicted octanol–water partition coefficient (Wildman–Crippen LogP) is 4.09. The van der Waals surface area contributed by atoms with E-state index in [4.69, 9.17) is 0 Å². The lowest BCUT2D eigenvalue weighted by Gasteiger charge is -2.08. The van der Waals surface area contributed by atoms with E-state index in [-0.39, 0.29) is 5.82 Å². The molecule has 1 aromatic heterocycles. The number of rotatable bonds is 4. The summed E-state index contributed by atoms with van der Waals surface area (Å²) in [6, 6.07) is 19.8. The number of benzene rings is 2. The molecule has 0 aliphatic rings. The van der Waals surface area contributed by atoms with Crippen molar-refractivity contribution >= 4 is 11.4 Å². The lowest BCUT2D eigenvalue weighted by Crippen LogP contribution is -2.06. The summed E-state index contributed by atoms with van der Waals surface area (Å²) in [7, 11) is 0. The largest absolute Gasteiger partial charge is 0.278 e. The Morgan fingerprint density at radius 1 is 0.818 bits per heavy atom. The second kappa shape index (κ2) is 6.63. The summed E-state index contributed by atoms with van der Waals surface area (Å²) in [5.74, 6) is -0.271. The fraction of sp³-hybridized carbons (Fsp3) is 0. The van der Waals surface area contributed by atoms with Crippen LogP contribution in [-0.4, -0.2) is 10.7 Å². The van der Waals surface area contributed by atoms with Crippen LogP contribution in [0.4, 0.5) is 10.1 Å². The average Bonchev–Trinajstić information content (AvgIpc) is 2.59. The Morgan fingerprint density at radius 3 is 2.14 bits per heavy atom. The van der Waals surface area contributed by atoms with E-state index in [1.165, 1.54) is 12.1 Å². The highest BCUT2D eigenvalue weighted by atomic mass is 19.1. The molecule has 1 heterocycles. The van der Waals surface area contributed by atoms with Crippen LogP contribution in [0.1, 0.15) is 11.1 Å². The van der Waals surface area contributed by atoms with Crippen LogP contribution in [0.2, 0.25) is 0 Å². The number of hydrazone groups is 1. The normalized spacial score (nSPS) is 11.2. The van der Waals surface area contributed by atoms with Gasteiger partial charge in [-0.15, -0.1) is 0 Å². The molecule has 0 atom stereocenters. The van der Waals surface area contributed by atoms with Gasteiger partial charge in [-0.3, -0.25) is 10.4 Å². The number of nitrogens with one attached hydrogen (secondary N) is 1. The van der Waals surface area contributed by atoms with Gasteiger partial charge in [-0.25, -0.2) is 4.39 Å². The van der Waals surface area contributed by atoms with Crippen LogP contribution in [0.15, 0.2) is 84.2 Å². The van der Waals surface area contributed by atoms with Crippen molar-refractivity contribution in [1.29, 1.82) is 0 Å². The van der Waals surface area contributed by atoms with Gasteiger partial charge in [0.2, 0.25) is 0 Å². The zero-order valence-electron chi connectivity index (χ0n) is 11.8. The molecule has 0 aliphatic carbocycles. The fourth-order valence-electron chi connectivity index (χ4n) is 2.05. The molecule has 2 aromatic carbocycles. The molecule has 0 fully saturated rings. The van der Waals surface area contributed by atoms with Crippen molar-refractivity contribution in [2.45, 2.75) is 0 Å². The molecule has 4 heteroatoms. The Kier molecular flexibility index (Phi) is 4.20. The van der Waals surface area contributed by atoms with E-state index in [1.807, 2.05) is 42.5 Å². The minimum atomic E-state index is -0.271. The maximum atomic E-state index is 12.9. The molecular formula is C18H14FN3. The molecule has 0 aliphatic heterocycles. The Morgan fingerprint density at radius 2 is 1.45 bits per heavy atom. The van der Waals surface area contributed by atoms with Crippen molar-refractivity contribution in [1.82, 2.24) is 4.98 Å². The van der Waals surface area contributed by atoms with Crippen LogP contribution in [0.25, 0.3) is 0 Å². The third-order valence-electron chi connectivity index (χ3n) is 3.14. The summed E-state index contributed by atoms with van der Waals surface area (Å²) in [5.41, 5.74) is 6.44. The Balaban J connectivity index is 1.95. The van der Waals surface area contributed by atoms with Gasteiger partial charge in [-0.05, 0) is 36.4 Å². The fourth-order valence-corrected chi connectivity index (χ4v) is 2.05. The first-order valence-corrected chi connectivity index (χ1v) is 6.88. The molecule has 0 saturated carbocycles. The highest BCUT2D eigenvalue weighted by Gasteiger charge is 2.06. The minimum absolute atomic E-state index is 0.271. The van der Waals surface area contributed by atoms with E-state index in [0.29, 0.717) is 0 Å². The molecule has 3 nitrogen and oxygen atoms in total. The summed E-state index contributed by atoms with van der Waals surface area (Å²) in [6.45, 7) is 0. The van der Waals surface area contributed by atoms with Gasteiger partial charge < -0.3 is 0 Å². The summed E-state index contributed by atoms with van der Waals surface area (Å²) in [4.78, 5) is 4.03. The van der Waals surface area contributed by atoms with Gasteiger partial charge in [0.1, 0.15) is 5.82 Å². The van der Waals surface area contributed by atoms with Gasteiger partial charge in [0, 0.05) is 23.5 Å². The van der Waals surface area contributed by atoms with E-state index in [0.717, 1.165) is 22.5 Å². The summed E-state index contributed by atoms with van der Waals surface area (Å²) >= 11 is 0. The van der Waals surface area contributed by atoms with Crippen LogP contribution >= 0.6 is 0 Å². The monoisotopic (exact) mass is 291 g/mol. The van der Waals surface area contributed by atoms with E-state index in [2.05, 4.69) is 15.5 Å². The van der Waals surface area contributed by atoms with E-state index < -0.39 is 0 Å². The third-order valence-corrected chi connectivity index (χ3v) is 3.14. The molecule has 0 bridgehead atoms. The second-order valence-corrected chi connectivity index (χ2v) is 4.68. The Hall–Kier alpha value is -3.01. The van der Waals surface area contributed by atoms with Crippen molar-refractivity contribution in [2.75, 3.05) is 5.43 Å². The van der Waals surface area contributed by atoms with Crippen molar-refractivity contribution in [3.63, 3.8) is 0 Å². The third kappa shape index (κ3) is 3.35. The summed E-state index contributed by atoms with van der Waals surface area (Å²) < 4.78 is 12.9. The van der Waals surface area contributed by atoms with Crippen molar-refractivity contribution in [3.05, 3.63) is 96.1 Å². The van der Waals surface area contributed by atoms with Gasteiger partial charge in [0.25, 0.3) is 0 Å². The highest BCUT2D eigenvalue weighted by molar-refractivity contribution is 6.13. The maximum absolute atomic E-state index is 12.9. The highest BCUT2D eigenvalue weighted by Crippen LogP contribution is 2.13. The summed E-state index contributed by atoms with van der Waals surface area (Å²) in [5, 5.41) is 4.48. The zero-order chi connectivity index (χ0) is 15.2. The van der Waals surface area contributed by atoms with Gasteiger partial charge in [-0.2, -0.15) is 5.10 Å². The molecule has 3 aromatic rings. The number of hydrogen-bond acceptors (Lipinski definition) is 3. The van der Waals surface area contributed by atoms with Gasteiger partial charge in [0.05, 0.1) is 11.4 Å². The first kappa shape index (κ1) is 13.9. The topological polar surface area (TPSA) is 37.3 Å². The van der Waals surface area contributed by atoms with E-state index in [1.54, 1.807) is 24.5 Å². The van der Waals surface area contributed by atoms with E-state index in [9.17, 15) is 4.39 Å². The second-order valence-electron chi connectivity index (χ2n) is 4.68. The molecule has 108 valence electrons. The lowest BCUT2D eigenvalue weighted by atomic mass is 10.0. The number of nitrogens with zero attached hydrogens (tertiary/aromatic N) is 2. The minimum Gasteiger partial charge on any atom is -0.278 e. The molecule has 3 rings (SSSR count). The quantitative estimate of drug-likeness (QED) is 0.581. The van der Waals surface area contributed by atoms with Gasteiger partial charge >= 0.3 is 0 Å². The smallest absolute Gasteiger partial charge is 0.123 e. The first-order chi connectivity index (χ1) is 10.8. The number of halogens is 1. The maximum Gasteiger partial charge on any atom is 0.123 e. The number of anilines is 1. The molecule has 22 heavy (non-hydrogen) atoms. The SMILES string of the molecule is Fc1ccc(NN=C(c2ccccc2)c2ccncc2)cc1. The molecule has 0 saturated heterocycles. The number of hydrogen-bond donors (Lipinski definition) is 1. The van der Waals surface area contributed by atoms with Crippen molar-refractivity contribution in [3.8, 4) is 0 Å². The van der Waals surface area contributed by atoms with Crippen molar-refractivity contribution in [2.24, 2.45) is 5.10 Å². The standard InChI is InChI=1S/C18H14FN3/c19-16-6-8-17(9-7-16)21-22-18(14-4-2-1-3-5-14)15-10-12-20-13-11-15/h1-13,21H. The number of pyridine rings is 1. The molecule has 0 unspecified atom stereocenters. The Bertz CT molecular complexity index is 712. The van der Waals surface area contributed by atoms with Gasteiger partial charge in [-0.1, -0.05) is 30.3 Å². The average molecular weight is 291 g/mol. The zero-order valence-corrected chi connectivity index (χ0v) is 11.8. The number of aromatic nitrogens is 1. The van der Waals surface area contributed by atoms with Crippen molar-refractivity contribution < 1.29 is 4.39 Å². The molecule has 0 amide bonds. The Labute approximate surface area is 128 Å².